The van der Waals surface area contributed by atoms with E-state index in [-0.39, 0.29) is 11.1 Å². The largest absolute Gasteiger partial charge is 0.309 e. The molecule has 2 nitrogen and oxygen atoms in total. The molecule has 0 bridgehead atoms. The van der Waals surface area contributed by atoms with Crippen LogP contribution in [-0.4, -0.2) is 9.13 Å². The van der Waals surface area contributed by atoms with Crippen molar-refractivity contribution in [2.24, 2.45) is 0 Å². The summed E-state index contributed by atoms with van der Waals surface area (Å²) in [6.45, 7) is 7.95. The lowest BCUT2D eigenvalue weighted by atomic mass is 9.87. The minimum Gasteiger partial charge on any atom is -0.309 e. The van der Waals surface area contributed by atoms with Crippen LogP contribution < -0.4 is 0 Å². The Labute approximate surface area is 359 Å². The molecule has 0 aliphatic heterocycles. The lowest BCUT2D eigenvalue weighted by Gasteiger charge is -2.18. The summed E-state index contributed by atoms with van der Waals surface area (Å²) in [4.78, 5) is 0. The second kappa shape index (κ2) is 14.6. The Morgan fingerprint density at radius 1 is 0.306 bits per heavy atom. The molecule has 4 heteroatoms. The first-order valence-corrected chi connectivity index (χ1v) is 21.1. The summed E-state index contributed by atoms with van der Waals surface area (Å²) in [5.74, 6) is -0.891. The summed E-state index contributed by atoms with van der Waals surface area (Å²) < 4.78 is 37.6. The third-order valence-corrected chi connectivity index (χ3v) is 12.7. The minimum absolute atomic E-state index is 0.268. The topological polar surface area (TPSA) is 9.86 Å². The molecule has 0 aliphatic carbocycles. The normalized spacial score (nSPS) is 11.7. The third-order valence-electron chi connectivity index (χ3n) is 12.7. The average Bonchev–Trinajstić information content (AvgIpc) is 3.80. The van der Waals surface area contributed by atoms with Gasteiger partial charge in [0.1, 0.15) is 11.6 Å². The van der Waals surface area contributed by atoms with E-state index in [2.05, 4.69) is 167 Å². The van der Waals surface area contributed by atoms with Crippen molar-refractivity contribution >= 4 is 43.6 Å². The highest BCUT2D eigenvalue weighted by Crippen LogP contribution is 2.42. The number of halogens is 2. The molecule has 9 aromatic carbocycles. The van der Waals surface area contributed by atoms with Crippen molar-refractivity contribution in [2.45, 2.75) is 27.7 Å². The van der Waals surface area contributed by atoms with Gasteiger partial charge in [-0.05, 0) is 156 Å². The summed E-state index contributed by atoms with van der Waals surface area (Å²) >= 11 is 0. The fourth-order valence-electron chi connectivity index (χ4n) is 10.1. The highest BCUT2D eigenvalue weighted by Gasteiger charge is 2.21. The first-order valence-electron chi connectivity index (χ1n) is 21.1. The Bertz CT molecular complexity index is 3290. The lowest BCUT2D eigenvalue weighted by Crippen LogP contribution is -1.98. The maximum Gasteiger partial charge on any atom is 0.131 e. The molecule has 0 saturated heterocycles. The minimum atomic E-state index is -0.446. The van der Waals surface area contributed by atoms with Gasteiger partial charge in [0.2, 0.25) is 0 Å². The van der Waals surface area contributed by atoms with Crippen molar-refractivity contribution in [3.8, 4) is 55.9 Å². The van der Waals surface area contributed by atoms with Crippen molar-refractivity contribution in [3.05, 3.63) is 216 Å². The number of hydrogen-bond acceptors (Lipinski definition) is 0. The van der Waals surface area contributed by atoms with Crippen LogP contribution in [0, 0.1) is 39.3 Å². The van der Waals surface area contributed by atoms with Crippen LogP contribution in [-0.2, 0) is 0 Å². The van der Waals surface area contributed by atoms with Crippen molar-refractivity contribution in [1.29, 1.82) is 0 Å². The maximum atomic E-state index is 16.5. The van der Waals surface area contributed by atoms with Crippen molar-refractivity contribution in [3.63, 3.8) is 0 Å². The van der Waals surface area contributed by atoms with Crippen LogP contribution in [0.4, 0.5) is 8.78 Å². The van der Waals surface area contributed by atoms with E-state index in [1.165, 1.54) is 22.9 Å². The van der Waals surface area contributed by atoms with E-state index < -0.39 is 11.6 Å². The molecule has 0 fully saturated rings. The van der Waals surface area contributed by atoms with Crippen LogP contribution in [0.1, 0.15) is 22.3 Å². The first-order chi connectivity index (χ1) is 30.2. The maximum absolute atomic E-state index is 16.5. The van der Waals surface area contributed by atoms with Gasteiger partial charge < -0.3 is 9.13 Å². The molecule has 11 aromatic rings. The summed E-state index contributed by atoms with van der Waals surface area (Å²) in [6, 6.07) is 62.2. The summed E-state index contributed by atoms with van der Waals surface area (Å²) in [5.41, 5.74) is 16.5. The van der Waals surface area contributed by atoms with Gasteiger partial charge in [-0.2, -0.15) is 0 Å². The summed E-state index contributed by atoms with van der Waals surface area (Å²) in [6.07, 6.45) is 0. The number of hydrogen-bond donors (Lipinski definition) is 0. The molecule has 0 aliphatic rings. The Morgan fingerprint density at radius 2 is 0.645 bits per heavy atom. The second-order valence-corrected chi connectivity index (χ2v) is 16.6. The molecule has 62 heavy (non-hydrogen) atoms. The van der Waals surface area contributed by atoms with Crippen molar-refractivity contribution in [1.82, 2.24) is 9.13 Å². The van der Waals surface area contributed by atoms with Gasteiger partial charge in [-0.15, -0.1) is 0 Å². The van der Waals surface area contributed by atoms with E-state index >= 15 is 8.78 Å². The van der Waals surface area contributed by atoms with E-state index in [9.17, 15) is 0 Å². The van der Waals surface area contributed by atoms with Gasteiger partial charge in [0, 0.05) is 44.0 Å². The highest BCUT2D eigenvalue weighted by molar-refractivity contribution is 6.11. The van der Waals surface area contributed by atoms with Gasteiger partial charge in [-0.3, -0.25) is 0 Å². The quantitative estimate of drug-likeness (QED) is 0.158. The van der Waals surface area contributed by atoms with E-state index in [0.717, 1.165) is 88.7 Å². The van der Waals surface area contributed by atoms with Gasteiger partial charge in [0.05, 0.1) is 22.1 Å². The molecule has 0 N–H and O–H groups in total. The average molecular weight is 805 g/mol. The second-order valence-electron chi connectivity index (χ2n) is 16.6. The molecule has 0 saturated carbocycles. The first kappa shape index (κ1) is 37.4. The molecular weight excluding hydrogens is 763 g/mol. The molecular formula is C58H42F2N2. The zero-order chi connectivity index (χ0) is 42.2. The highest BCUT2D eigenvalue weighted by atomic mass is 19.1. The Balaban J connectivity index is 0.939. The Hall–Kier alpha value is -7.56. The van der Waals surface area contributed by atoms with Gasteiger partial charge in [-0.1, -0.05) is 109 Å². The van der Waals surface area contributed by atoms with Gasteiger partial charge >= 0.3 is 0 Å². The number of benzene rings is 9. The van der Waals surface area contributed by atoms with Crippen LogP contribution in [0.2, 0.25) is 0 Å². The van der Waals surface area contributed by atoms with Crippen LogP contribution in [0.15, 0.2) is 182 Å². The molecule has 0 amide bonds. The molecule has 0 atom stereocenters. The third kappa shape index (κ3) is 5.97. The van der Waals surface area contributed by atoms with Gasteiger partial charge in [-0.25, -0.2) is 8.78 Å². The number of aromatic nitrogens is 2. The molecule has 11 rings (SSSR count). The lowest BCUT2D eigenvalue weighted by molar-refractivity contribution is 0.606. The van der Waals surface area contributed by atoms with Crippen LogP contribution in [0.3, 0.4) is 0 Å². The van der Waals surface area contributed by atoms with Crippen LogP contribution in [0.25, 0.3) is 99.5 Å². The number of fused-ring (bicyclic) bond motifs is 6. The smallest absolute Gasteiger partial charge is 0.131 e. The van der Waals surface area contributed by atoms with Crippen molar-refractivity contribution < 1.29 is 8.78 Å². The monoisotopic (exact) mass is 804 g/mol. The Kier molecular flexibility index (Phi) is 8.80. The van der Waals surface area contributed by atoms with Gasteiger partial charge in [0.15, 0.2) is 0 Å². The number of nitrogens with zero attached hydrogens (tertiary/aromatic N) is 2. The summed E-state index contributed by atoms with van der Waals surface area (Å²) in [7, 11) is 0. The molecule has 0 spiro atoms. The molecule has 298 valence electrons. The fraction of sp³-hybridized carbons (Fsp3) is 0.0690. The van der Waals surface area contributed by atoms with E-state index in [0.29, 0.717) is 11.1 Å². The predicted molar refractivity (Wildman–Crippen MR) is 256 cm³/mol. The number of rotatable bonds is 6. The van der Waals surface area contributed by atoms with E-state index in [1.807, 2.05) is 39.8 Å². The SMILES string of the molecule is Cc1cc(-c2ccc3c(c2)c2ccccc2n3-c2ccccc2)cc(C)c1-c1cc(F)c(-c2c(C)cc(-c3ccc4c(c3)c3ccccc3n4-c3ccccc3)cc2C)cc1F. The predicted octanol–water partition coefficient (Wildman–Crippen LogP) is 16.1. The molecule has 2 heterocycles. The zero-order valence-corrected chi connectivity index (χ0v) is 35.0. The van der Waals surface area contributed by atoms with E-state index in [4.69, 9.17) is 0 Å². The van der Waals surface area contributed by atoms with Crippen molar-refractivity contribution in [2.75, 3.05) is 0 Å². The van der Waals surface area contributed by atoms with E-state index in [1.54, 1.807) is 0 Å². The zero-order valence-electron chi connectivity index (χ0n) is 35.0. The molecule has 2 aromatic heterocycles. The van der Waals surface area contributed by atoms with Gasteiger partial charge in [0.25, 0.3) is 0 Å². The molecule has 0 unspecified atom stereocenters. The van der Waals surface area contributed by atoms with Crippen LogP contribution >= 0.6 is 0 Å². The number of aryl methyl sites for hydroxylation is 4. The fourth-order valence-corrected chi connectivity index (χ4v) is 10.1. The summed E-state index contributed by atoms with van der Waals surface area (Å²) in [5, 5.41) is 4.69. The number of para-hydroxylation sites is 4. The molecule has 0 radical (unpaired) electrons. The Morgan fingerprint density at radius 3 is 1.03 bits per heavy atom. The standard InChI is InChI=1S/C58H42F2N2/c1-35-27-41(39-23-25-55-47(31-39)45-19-11-13-21-53(45)61(55)43-15-7-5-8-16-43)28-36(2)57(35)49-33-52(60)50(34-51(49)59)58-37(3)29-42(30-38(58)4)40-24-26-56-48(32-40)46-20-12-14-22-54(46)62(56)44-17-9-6-10-18-44/h5-34H,1-4H3. The van der Waals surface area contributed by atoms with Crippen LogP contribution in [0.5, 0.6) is 0 Å².